The van der Waals surface area contributed by atoms with Crippen molar-refractivity contribution in [3.8, 4) is 0 Å². The standard InChI is InChI=1S/C15H19NOS/c1-3-12(14-9-7-11-17-14)16-13-8-5-6-10-15(13)18-4-2/h5-12,16H,3-4H2,1-2H3. The lowest BCUT2D eigenvalue weighted by Crippen LogP contribution is -2.09. The summed E-state index contributed by atoms with van der Waals surface area (Å²) in [7, 11) is 0. The maximum absolute atomic E-state index is 5.49. The van der Waals surface area contributed by atoms with Gasteiger partial charge in [0.1, 0.15) is 5.76 Å². The molecule has 2 aromatic rings. The molecule has 0 saturated carbocycles. The largest absolute Gasteiger partial charge is 0.467 e. The average Bonchev–Trinajstić information content (AvgIpc) is 2.92. The molecule has 0 radical (unpaired) electrons. The second kappa shape index (κ2) is 6.55. The number of furan rings is 1. The van der Waals surface area contributed by atoms with Crippen molar-refractivity contribution in [2.75, 3.05) is 11.1 Å². The van der Waals surface area contributed by atoms with E-state index in [9.17, 15) is 0 Å². The highest BCUT2D eigenvalue weighted by atomic mass is 32.2. The van der Waals surface area contributed by atoms with Crippen LogP contribution in [-0.4, -0.2) is 5.75 Å². The molecule has 1 atom stereocenters. The lowest BCUT2D eigenvalue weighted by atomic mass is 10.1. The number of hydrogen-bond acceptors (Lipinski definition) is 3. The van der Waals surface area contributed by atoms with Gasteiger partial charge in [-0.2, -0.15) is 0 Å². The van der Waals surface area contributed by atoms with E-state index in [2.05, 4.69) is 43.4 Å². The predicted octanol–water partition coefficient (Wildman–Crippen LogP) is 4.95. The molecule has 2 rings (SSSR count). The van der Waals surface area contributed by atoms with Gasteiger partial charge in [-0.3, -0.25) is 0 Å². The first-order valence-electron chi connectivity index (χ1n) is 6.37. The molecule has 0 aliphatic rings. The minimum absolute atomic E-state index is 0.235. The first kappa shape index (κ1) is 13.1. The SMILES string of the molecule is CCSc1ccccc1NC(CC)c1ccco1. The Hall–Kier alpha value is -1.35. The first-order valence-corrected chi connectivity index (χ1v) is 7.35. The molecular weight excluding hydrogens is 242 g/mol. The maximum atomic E-state index is 5.49. The van der Waals surface area contributed by atoms with Crippen LogP contribution in [0.15, 0.2) is 52.0 Å². The lowest BCUT2D eigenvalue weighted by Gasteiger charge is -2.18. The van der Waals surface area contributed by atoms with E-state index in [1.165, 1.54) is 10.6 Å². The number of benzene rings is 1. The van der Waals surface area contributed by atoms with Crippen LogP contribution >= 0.6 is 11.8 Å². The Bertz CT molecular complexity index is 467. The summed E-state index contributed by atoms with van der Waals surface area (Å²) in [5.74, 6) is 2.07. The molecule has 0 aliphatic carbocycles. The van der Waals surface area contributed by atoms with Crippen molar-refractivity contribution in [3.63, 3.8) is 0 Å². The molecule has 1 aromatic carbocycles. The highest BCUT2D eigenvalue weighted by molar-refractivity contribution is 7.99. The Morgan fingerprint density at radius 1 is 1.17 bits per heavy atom. The van der Waals surface area contributed by atoms with E-state index in [1.807, 2.05) is 23.9 Å². The van der Waals surface area contributed by atoms with Crippen LogP contribution in [0.5, 0.6) is 0 Å². The van der Waals surface area contributed by atoms with Crippen LogP contribution in [0.4, 0.5) is 5.69 Å². The number of hydrogen-bond donors (Lipinski definition) is 1. The highest BCUT2D eigenvalue weighted by Gasteiger charge is 2.13. The van der Waals surface area contributed by atoms with Crippen LogP contribution in [-0.2, 0) is 0 Å². The molecule has 3 heteroatoms. The summed E-state index contributed by atoms with van der Waals surface area (Å²) in [6.45, 7) is 4.33. The Labute approximate surface area is 113 Å². The fourth-order valence-electron chi connectivity index (χ4n) is 1.92. The Kier molecular flexibility index (Phi) is 4.76. The second-order valence-electron chi connectivity index (χ2n) is 4.05. The molecule has 0 aliphatic heterocycles. The summed E-state index contributed by atoms with van der Waals surface area (Å²) >= 11 is 1.86. The Morgan fingerprint density at radius 2 is 2.00 bits per heavy atom. The minimum atomic E-state index is 0.235. The van der Waals surface area contributed by atoms with Gasteiger partial charge in [0.2, 0.25) is 0 Å². The van der Waals surface area contributed by atoms with Gasteiger partial charge < -0.3 is 9.73 Å². The van der Waals surface area contributed by atoms with Crippen molar-refractivity contribution in [1.29, 1.82) is 0 Å². The number of nitrogens with one attached hydrogen (secondary N) is 1. The summed E-state index contributed by atoms with van der Waals surface area (Å²) in [5.41, 5.74) is 1.19. The minimum Gasteiger partial charge on any atom is -0.467 e. The van der Waals surface area contributed by atoms with Crippen LogP contribution in [0.3, 0.4) is 0 Å². The van der Waals surface area contributed by atoms with Gasteiger partial charge >= 0.3 is 0 Å². The molecule has 96 valence electrons. The summed E-state index contributed by atoms with van der Waals surface area (Å²) < 4.78 is 5.49. The van der Waals surface area contributed by atoms with E-state index in [4.69, 9.17) is 4.42 Å². The van der Waals surface area contributed by atoms with Gasteiger partial charge in [0.15, 0.2) is 0 Å². The number of anilines is 1. The van der Waals surface area contributed by atoms with E-state index < -0.39 is 0 Å². The van der Waals surface area contributed by atoms with Crippen LogP contribution < -0.4 is 5.32 Å². The molecule has 0 fully saturated rings. The molecule has 0 saturated heterocycles. The molecular formula is C15H19NOS. The van der Waals surface area contributed by atoms with E-state index in [-0.39, 0.29) is 6.04 Å². The molecule has 18 heavy (non-hydrogen) atoms. The van der Waals surface area contributed by atoms with Crippen molar-refractivity contribution in [2.24, 2.45) is 0 Å². The summed E-state index contributed by atoms with van der Waals surface area (Å²) in [4.78, 5) is 1.30. The van der Waals surface area contributed by atoms with Crippen molar-refractivity contribution in [3.05, 3.63) is 48.4 Å². The first-order chi connectivity index (χ1) is 8.85. The lowest BCUT2D eigenvalue weighted by molar-refractivity contribution is 0.473. The number of para-hydroxylation sites is 1. The fraction of sp³-hybridized carbons (Fsp3) is 0.333. The van der Waals surface area contributed by atoms with E-state index in [1.54, 1.807) is 6.26 Å². The molecule has 0 bridgehead atoms. The van der Waals surface area contributed by atoms with Crippen molar-refractivity contribution >= 4 is 17.4 Å². The summed E-state index contributed by atoms with van der Waals surface area (Å²) in [6, 6.07) is 12.6. The smallest absolute Gasteiger partial charge is 0.125 e. The van der Waals surface area contributed by atoms with Gasteiger partial charge in [-0.25, -0.2) is 0 Å². The van der Waals surface area contributed by atoms with Crippen molar-refractivity contribution in [2.45, 2.75) is 31.2 Å². The van der Waals surface area contributed by atoms with Crippen LogP contribution in [0.25, 0.3) is 0 Å². The predicted molar refractivity (Wildman–Crippen MR) is 78.2 cm³/mol. The Balaban J connectivity index is 2.17. The van der Waals surface area contributed by atoms with Gasteiger partial charge in [0.05, 0.1) is 12.3 Å². The third-order valence-electron chi connectivity index (χ3n) is 2.81. The van der Waals surface area contributed by atoms with Crippen molar-refractivity contribution < 1.29 is 4.42 Å². The van der Waals surface area contributed by atoms with Crippen molar-refractivity contribution in [1.82, 2.24) is 0 Å². The zero-order valence-corrected chi connectivity index (χ0v) is 11.7. The summed E-state index contributed by atoms with van der Waals surface area (Å²) in [5, 5.41) is 3.57. The molecule has 1 N–H and O–H groups in total. The zero-order valence-electron chi connectivity index (χ0n) is 10.8. The van der Waals surface area contributed by atoms with Crippen LogP contribution in [0.2, 0.25) is 0 Å². The van der Waals surface area contributed by atoms with E-state index in [0.29, 0.717) is 0 Å². The second-order valence-corrected chi connectivity index (χ2v) is 5.36. The third kappa shape index (κ3) is 3.10. The third-order valence-corrected chi connectivity index (χ3v) is 3.77. The Morgan fingerprint density at radius 3 is 2.67 bits per heavy atom. The molecule has 2 nitrogen and oxygen atoms in total. The van der Waals surface area contributed by atoms with Gasteiger partial charge in [0, 0.05) is 10.6 Å². The molecule has 1 heterocycles. The van der Waals surface area contributed by atoms with Gasteiger partial charge in [-0.05, 0) is 36.4 Å². The van der Waals surface area contributed by atoms with Gasteiger partial charge in [-0.15, -0.1) is 11.8 Å². The molecule has 1 unspecified atom stereocenters. The van der Waals surface area contributed by atoms with Gasteiger partial charge in [-0.1, -0.05) is 26.0 Å². The van der Waals surface area contributed by atoms with Crippen LogP contribution in [0.1, 0.15) is 32.1 Å². The van der Waals surface area contributed by atoms with Gasteiger partial charge in [0.25, 0.3) is 0 Å². The quantitative estimate of drug-likeness (QED) is 0.744. The molecule has 0 amide bonds. The van der Waals surface area contributed by atoms with E-state index >= 15 is 0 Å². The highest BCUT2D eigenvalue weighted by Crippen LogP contribution is 2.30. The maximum Gasteiger partial charge on any atom is 0.125 e. The summed E-state index contributed by atoms with van der Waals surface area (Å²) in [6.07, 6.45) is 2.73. The monoisotopic (exact) mass is 261 g/mol. The molecule has 1 aromatic heterocycles. The zero-order chi connectivity index (χ0) is 12.8. The molecule has 0 spiro atoms. The fourth-order valence-corrected chi connectivity index (χ4v) is 2.69. The topological polar surface area (TPSA) is 25.2 Å². The van der Waals surface area contributed by atoms with E-state index in [0.717, 1.165) is 17.9 Å². The number of rotatable bonds is 6. The normalized spacial score (nSPS) is 12.3. The van der Waals surface area contributed by atoms with Crippen LogP contribution in [0, 0.1) is 0 Å². The number of thioether (sulfide) groups is 1. The average molecular weight is 261 g/mol.